The molecule has 0 heterocycles. The van der Waals surface area contributed by atoms with Crippen molar-refractivity contribution in [2.45, 2.75) is 40.7 Å². The maximum absolute atomic E-state index is 10.9. The highest BCUT2D eigenvalue weighted by molar-refractivity contribution is 5.46. The summed E-state index contributed by atoms with van der Waals surface area (Å²) < 4.78 is 0. The van der Waals surface area contributed by atoms with Gasteiger partial charge in [0.05, 0.1) is 4.92 Å². The summed E-state index contributed by atoms with van der Waals surface area (Å²) in [5.41, 5.74) is 9.00. The van der Waals surface area contributed by atoms with Gasteiger partial charge in [-0.2, -0.15) is 0 Å². The summed E-state index contributed by atoms with van der Waals surface area (Å²) in [7, 11) is 0. The first-order valence-corrected chi connectivity index (χ1v) is 5.65. The minimum Gasteiger partial charge on any atom is -0.324 e. The van der Waals surface area contributed by atoms with Gasteiger partial charge in [-0.1, -0.05) is 20.8 Å². The molecule has 0 aliphatic heterocycles. The van der Waals surface area contributed by atoms with Crippen molar-refractivity contribution in [1.82, 2.24) is 0 Å². The number of nitrogens with zero attached hydrogens (tertiary/aromatic N) is 1. The lowest BCUT2D eigenvalue weighted by atomic mass is 9.80. The van der Waals surface area contributed by atoms with E-state index in [0.29, 0.717) is 0 Å². The molecule has 1 unspecified atom stereocenters. The number of nitrogens with two attached hydrogens (primary N) is 1. The first-order chi connectivity index (χ1) is 7.64. The zero-order valence-corrected chi connectivity index (χ0v) is 11.1. The number of rotatable bonds is 2. The van der Waals surface area contributed by atoms with Gasteiger partial charge in [-0.05, 0) is 36.0 Å². The van der Waals surface area contributed by atoms with Crippen LogP contribution in [0.25, 0.3) is 0 Å². The Hall–Kier alpha value is -1.42. The highest BCUT2D eigenvalue weighted by Gasteiger charge is 2.26. The summed E-state index contributed by atoms with van der Waals surface area (Å²) in [6.45, 7) is 9.93. The maximum Gasteiger partial charge on any atom is 0.270 e. The third-order valence-electron chi connectivity index (χ3n) is 3.17. The molecule has 2 N–H and O–H groups in total. The minimum absolute atomic E-state index is 0.114. The molecule has 0 radical (unpaired) electrons. The Morgan fingerprint density at radius 1 is 1.29 bits per heavy atom. The molecule has 1 rings (SSSR count). The van der Waals surface area contributed by atoms with Crippen molar-refractivity contribution >= 4 is 5.69 Å². The number of non-ortho nitro benzene ring substituents is 1. The molecule has 94 valence electrons. The molecule has 0 fully saturated rings. The van der Waals surface area contributed by atoms with Crippen molar-refractivity contribution in [1.29, 1.82) is 0 Å². The van der Waals surface area contributed by atoms with Crippen molar-refractivity contribution in [3.8, 4) is 0 Å². The molecular formula is C13H20N2O2. The van der Waals surface area contributed by atoms with Crippen LogP contribution in [0.2, 0.25) is 0 Å². The second-order valence-corrected chi connectivity index (χ2v) is 5.58. The number of benzene rings is 1. The fraction of sp³-hybridized carbons (Fsp3) is 0.538. The molecule has 1 aromatic rings. The maximum atomic E-state index is 10.9. The lowest BCUT2D eigenvalue weighted by Gasteiger charge is -2.29. The number of hydrogen-bond donors (Lipinski definition) is 1. The molecule has 0 spiro atoms. The van der Waals surface area contributed by atoms with Crippen molar-refractivity contribution in [3.63, 3.8) is 0 Å². The van der Waals surface area contributed by atoms with Crippen LogP contribution in [-0.4, -0.2) is 4.92 Å². The lowest BCUT2D eigenvalue weighted by Crippen LogP contribution is -2.27. The number of nitro groups is 1. The lowest BCUT2D eigenvalue weighted by molar-refractivity contribution is -0.385. The Labute approximate surface area is 102 Å². The molecule has 0 saturated carbocycles. The van der Waals surface area contributed by atoms with Crippen molar-refractivity contribution in [2.75, 3.05) is 0 Å². The fourth-order valence-corrected chi connectivity index (χ4v) is 1.76. The fourth-order valence-electron chi connectivity index (χ4n) is 1.76. The number of aryl methyl sites for hydroxylation is 1. The largest absolute Gasteiger partial charge is 0.324 e. The summed E-state index contributed by atoms with van der Waals surface area (Å²) in [5.74, 6) is 0. The Balaban J connectivity index is 3.37. The first kappa shape index (κ1) is 13.6. The first-order valence-electron chi connectivity index (χ1n) is 5.65. The molecule has 0 aliphatic rings. The van der Waals surface area contributed by atoms with Crippen LogP contribution in [0, 0.1) is 29.4 Å². The smallest absolute Gasteiger partial charge is 0.270 e. The van der Waals surface area contributed by atoms with E-state index in [9.17, 15) is 10.1 Å². The van der Waals surface area contributed by atoms with Gasteiger partial charge in [0, 0.05) is 18.2 Å². The summed E-state index contributed by atoms with van der Waals surface area (Å²) in [6.07, 6.45) is 0. The zero-order chi connectivity index (χ0) is 13.4. The Bertz CT molecular complexity index is 447. The molecular weight excluding hydrogens is 216 g/mol. The van der Waals surface area contributed by atoms with Gasteiger partial charge in [0.1, 0.15) is 0 Å². The number of nitro benzene ring substituents is 1. The SMILES string of the molecule is Cc1cc([N+](=O)[O-])cc(C(N)C(C)(C)C)c1C. The van der Waals surface area contributed by atoms with Crippen LogP contribution >= 0.6 is 0 Å². The normalized spacial score (nSPS) is 13.5. The van der Waals surface area contributed by atoms with Gasteiger partial charge < -0.3 is 5.73 Å². The monoisotopic (exact) mass is 236 g/mol. The Kier molecular flexibility index (Phi) is 3.57. The van der Waals surface area contributed by atoms with Crippen LogP contribution in [0.15, 0.2) is 12.1 Å². The summed E-state index contributed by atoms with van der Waals surface area (Å²) in [6, 6.07) is 2.98. The standard InChI is InChI=1S/C13H20N2O2/c1-8-6-10(15(16)17)7-11(9(8)2)12(14)13(3,4)5/h6-7,12H,14H2,1-5H3. The average Bonchev–Trinajstić information content (AvgIpc) is 2.19. The van der Waals surface area contributed by atoms with Gasteiger partial charge in [-0.3, -0.25) is 10.1 Å². The van der Waals surface area contributed by atoms with Gasteiger partial charge in [-0.25, -0.2) is 0 Å². The van der Waals surface area contributed by atoms with Crippen LogP contribution in [0.5, 0.6) is 0 Å². The Morgan fingerprint density at radius 2 is 1.82 bits per heavy atom. The molecule has 1 aromatic carbocycles. The topological polar surface area (TPSA) is 69.2 Å². The average molecular weight is 236 g/mol. The van der Waals surface area contributed by atoms with E-state index < -0.39 is 0 Å². The minimum atomic E-state index is -0.370. The van der Waals surface area contributed by atoms with Crippen LogP contribution in [0.4, 0.5) is 5.69 Å². The third kappa shape index (κ3) is 2.82. The van der Waals surface area contributed by atoms with E-state index >= 15 is 0 Å². The molecule has 0 aliphatic carbocycles. The van der Waals surface area contributed by atoms with E-state index in [-0.39, 0.29) is 22.1 Å². The van der Waals surface area contributed by atoms with Crippen LogP contribution in [0.3, 0.4) is 0 Å². The van der Waals surface area contributed by atoms with Crippen LogP contribution in [0.1, 0.15) is 43.5 Å². The van der Waals surface area contributed by atoms with E-state index in [1.54, 1.807) is 12.1 Å². The molecule has 17 heavy (non-hydrogen) atoms. The van der Waals surface area contributed by atoms with Gasteiger partial charge in [-0.15, -0.1) is 0 Å². The van der Waals surface area contributed by atoms with Crippen molar-refractivity contribution < 1.29 is 4.92 Å². The van der Waals surface area contributed by atoms with Gasteiger partial charge >= 0.3 is 0 Å². The van der Waals surface area contributed by atoms with Gasteiger partial charge in [0.25, 0.3) is 5.69 Å². The van der Waals surface area contributed by atoms with Crippen molar-refractivity contribution in [3.05, 3.63) is 38.9 Å². The van der Waals surface area contributed by atoms with Crippen LogP contribution in [-0.2, 0) is 0 Å². The van der Waals surface area contributed by atoms with Gasteiger partial charge in [0.15, 0.2) is 0 Å². The van der Waals surface area contributed by atoms with Crippen molar-refractivity contribution in [2.24, 2.45) is 11.1 Å². The Morgan fingerprint density at radius 3 is 2.24 bits per heavy atom. The second kappa shape index (κ2) is 4.45. The van der Waals surface area contributed by atoms with Gasteiger partial charge in [0.2, 0.25) is 0 Å². The zero-order valence-electron chi connectivity index (χ0n) is 11.1. The molecule has 4 heteroatoms. The highest BCUT2D eigenvalue weighted by Crippen LogP contribution is 2.35. The molecule has 0 aromatic heterocycles. The van der Waals surface area contributed by atoms with E-state index in [1.807, 2.05) is 34.6 Å². The highest BCUT2D eigenvalue weighted by atomic mass is 16.6. The molecule has 1 atom stereocenters. The summed E-state index contributed by atoms with van der Waals surface area (Å²) in [5, 5.41) is 10.9. The predicted molar refractivity (Wildman–Crippen MR) is 69.0 cm³/mol. The van der Waals surface area contributed by atoms with E-state index in [4.69, 9.17) is 5.73 Å². The van der Waals surface area contributed by atoms with Crippen LogP contribution < -0.4 is 5.73 Å². The second-order valence-electron chi connectivity index (χ2n) is 5.58. The summed E-state index contributed by atoms with van der Waals surface area (Å²) in [4.78, 5) is 10.5. The molecule has 4 nitrogen and oxygen atoms in total. The summed E-state index contributed by atoms with van der Waals surface area (Å²) >= 11 is 0. The quantitative estimate of drug-likeness (QED) is 0.633. The van der Waals surface area contributed by atoms with E-state index in [0.717, 1.165) is 16.7 Å². The van der Waals surface area contributed by atoms with E-state index in [2.05, 4.69) is 0 Å². The predicted octanol–water partition coefficient (Wildman–Crippen LogP) is 3.26. The van der Waals surface area contributed by atoms with E-state index in [1.165, 1.54) is 0 Å². The molecule has 0 amide bonds. The molecule has 0 saturated heterocycles. The third-order valence-corrected chi connectivity index (χ3v) is 3.17. The number of hydrogen-bond acceptors (Lipinski definition) is 3. The molecule has 0 bridgehead atoms.